The average Bonchev–Trinajstić information content (AvgIpc) is 2.89. The van der Waals surface area contributed by atoms with Gasteiger partial charge in [0.2, 0.25) is 5.91 Å². The second-order valence-corrected chi connectivity index (χ2v) is 8.19. The lowest BCUT2D eigenvalue weighted by Gasteiger charge is -2.31. The summed E-state index contributed by atoms with van der Waals surface area (Å²) in [5, 5.41) is 11.6. The fraction of sp³-hybridized carbons (Fsp3) is 0.474. The first-order valence-corrected chi connectivity index (χ1v) is 9.01. The quantitative estimate of drug-likeness (QED) is 0.819. The summed E-state index contributed by atoms with van der Waals surface area (Å²) in [6, 6.07) is 9.42. The summed E-state index contributed by atoms with van der Waals surface area (Å²) < 4.78 is 1.76. The van der Waals surface area contributed by atoms with Crippen LogP contribution in [0.5, 0.6) is 0 Å². The Kier molecular flexibility index (Phi) is 6.37. The average molecular weight is 397 g/mol. The van der Waals surface area contributed by atoms with Crippen LogP contribution in [0.1, 0.15) is 33.4 Å². The van der Waals surface area contributed by atoms with Crippen LogP contribution in [0.25, 0.3) is 5.69 Å². The molecular formula is C19H26Cl2N4O. The summed E-state index contributed by atoms with van der Waals surface area (Å²) >= 11 is 6.13. The predicted molar refractivity (Wildman–Crippen MR) is 109 cm³/mol. The molecule has 0 radical (unpaired) electrons. The van der Waals surface area contributed by atoms with Crippen molar-refractivity contribution in [2.45, 2.75) is 33.1 Å². The number of halogens is 2. The Hall–Kier alpha value is -1.56. The highest BCUT2D eigenvalue weighted by Crippen LogP contribution is 2.28. The largest absolute Gasteiger partial charge is 0.316 e. The Labute approximate surface area is 165 Å². The van der Waals surface area contributed by atoms with Gasteiger partial charge in [-0.2, -0.15) is 5.10 Å². The van der Waals surface area contributed by atoms with E-state index in [1.165, 1.54) is 0 Å². The van der Waals surface area contributed by atoms with Gasteiger partial charge in [-0.05, 0) is 37.2 Å². The number of hydrogen-bond acceptors (Lipinski definition) is 3. The van der Waals surface area contributed by atoms with Crippen molar-refractivity contribution >= 4 is 35.7 Å². The zero-order valence-corrected chi connectivity index (χ0v) is 17.1. The summed E-state index contributed by atoms with van der Waals surface area (Å²) in [7, 11) is 0. The van der Waals surface area contributed by atoms with E-state index in [2.05, 4.69) is 31.4 Å². The topological polar surface area (TPSA) is 59.0 Å². The molecule has 1 aromatic carbocycles. The molecule has 5 nitrogen and oxygen atoms in total. The molecule has 3 rings (SSSR count). The van der Waals surface area contributed by atoms with Gasteiger partial charge in [-0.1, -0.05) is 45.4 Å². The normalized spacial score (nSPS) is 15.7. The number of nitrogens with zero attached hydrogens (tertiary/aromatic N) is 2. The maximum atomic E-state index is 12.7. The molecule has 1 saturated heterocycles. The highest BCUT2D eigenvalue weighted by molar-refractivity contribution is 6.30. The number of nitrogens with one attached hydrogen (secondary N) is 2. The number of carbonyl (C=O) groups is 1. The summed E-state index contributed by atoms with van der Waals surface area (Å²) in [6.45, 7) is 10.1. The van der Waals surface area contributed by atoms with E-state index in [1.54, 1.807) is 4.68 Å². The Morgan fingerprint density at radius 3 is 2.58 bits per heavy atom. The first kappa shape index (κ1) is 20.7. The van der Waals surface area contributed by atoms with Crippen LogP contribution in [0.15, 0.2) is 30.3 Å². The molecule has 1 aromatic heterocycles. The van der Waals surface area contributed by atoms with Crippen molar-refractivity contribution in [1.29, 1.82) is 0 Å². The molecule has 2 heterocycles. The van der Waals surface area contributed by atoms with E-state index >= 15 is 0 Å². The molecule has 0 aliphatic carbocycles. The van der Waals surface area contributed by atoms with Crippen LogP contribution >= 0.6 is 24.0 Å². The number of amides is 1. The molecule has 1 atom stereocenters. The Balaban J connectivity index is 0.00000243. The van der Waals surface area contributed by atoms with Gasteiger partial charge in [-0.3, -0.25) is 4.79 Å². The Morgan fingerprint density at radius 1 is 1.35 bits per heavy atom. The number of anilines is 1. The van der Waals surface area contributed by atoms with Crippen LogP contribution in [-0.4, -0.2) is 28.8 Å². The summed E-state index contributed by atoms with van der Waals surface area (Å²) in [4.78, 5) is 12.7. The third-order valence-corrected chi connectivity index (χ3v) is 4.95. The number of aromatic nitrogens is 2. The van der Waals surface area contributed by atoms with Crippen molar-refractivity contribution in [1.82, 2.24) is 15.1 Å². The van der Waals surface area contributed by atoms with Gasteiger partial charge in [0.25, 0.3) is 0 Å². The summed E-state index contributed by atoms with van der Waals surface area (Å²) in [5.74, 6) is 1.05. The summed E-state index contributed by atoms with van der Waals surface area (Å²) in [5.41, 5.74) is 1.63. The predicted octanol–water partition coefficient (Wildman–Crippen LogP) is 4.04. The molecule has 0 spiro atoms. The van der Waals surface area contributed by atoms with E-state index in [0.29, 0.717) is 16.8 Å². The molecule has 0 bridgehead atoms. The van der Waals surface area contributed by atoms with Crippen molar-refractivity contribution in [3.8, 4) is 5.69 Å². The zero-order valence-electron chi connectivity index (χ0n) is 15.5. The number of hydrogen-bond donors (Lipinski definition) is 2. The van der Waals surface area contributed by atoms with E-state index in [4.69, 9.17) is 16.7 Å². The summed E-state index contributed by atoms with van der Waals surface area (Å²) in [6.07, 6.45) is 0. The molecule has 142 valence electrons. The molecule has 1 fully saturated rings. The van der Waals surface area contributed by atoms with Gasteiger partial charge in [-0.25, -0.2) is 4.68 Å². The Bertz CT molecular complexity index is 778. The molecule has 1 amide bonds. The van der Waals surface area contributed by atoms with Gasteiger partial charge >= 0.3 is 0 Å². The number of rotatable bonds is 4. The van der Waals surface area contributed by atoms with Crippen LogP contribution in [0.4, 0.5) is 5.82 Å². The lowest BCUT2D eigenvalue weighted by atomic mass is 9.88. The maximum Gasteiger partial charge on any atom is 0.228 e. The maximum absolute atomic E-state index is 12.7. The lowest BCUT2D eigenvalue weighted by molar-refractivity contribution is -0.121. The minimum absolute atomic E-state index is 0. The molecular weight excluding hydrogens is 371 g/mol. The van der Waals surface area contributed by atoms with Crippen molar-refractivity contribution in [3.63, 3.8) is 0 Å². The van der Waals surface area contributed by atoms with Gasteiger partial charge in [0.15, 0.2) is 0 Å². The van der Waals surface area contributed by atoms with E-state index in [-0.39, 0.29) is 29.6 Å². The Morgan fingerprint density at radius 2 is 2.04 bits per heavy atom. The highest BCUT2D eigenvalue weighted by Gasteiger charge is 2.30. The smallest absolute Gasteiger partial charge is 0.228 e. The molecule has 26 heavy (non-hydrogen) atoms. The molecule has 1 aliphatic rings. The van der Waals surface area contributed by atoms with Gasteiger partial charge < -0.3 is 10.6 Å². The molecule has 2 N–H and O–H groups in total. The van der Waals surface area contributed by atoms with Gasteiger partial charge in [0.05, 0.1) is 11.4 Å². The van der Waals surface area contributed by atoms with Gasteiger partial charge in [-0.15, -0.1) is 12.4 Å². The lowest BCUT2D eigenvalue weighted by Crippen LogP contribution is -2.48. The van der Waals surface area contributed by atoms with Crippen LogP contribution in [0, 0.1) is 11.8 Å². The minimum atomic E-state index is -0.118. The zero-order chi connectivity index (χ0) is 18.2. The van der Waals surface area contributed by atoms with Crippen molar-refractivity contribution < 1.29 is 4.79 Å². The van der Waals surface area contributed by atoms with Crippen molar-refractivity contribution in [2.24, 2.45) is 11.8 Å². The number of benzene rings is 1. The van der Waals surface area contributed by atoms with Crippen LogP contribution in [0.3, 0.4) is 0 Å². The van der Waals surface area contributed by atoms with E-state index < -0.39 is 0 Å². The van der Waals surface area contributed by atoms with Crippen molar-refractivity contribution in [3.05, 3.63) is 41.0 Å². The van der Waals surface area contributed by atoms with Gasteiger partial charge in [0.1, 0.15) is 5.82 Å². The standard InChI is InChI=1S/C19H25ClN4O.ClH/c1-12(13-10-21-11-13)18(25)22-17-9-16(19(2,3)4)23-24(17)15-7-5-6-14(20)8-15;/h5-9,12-13,21H,10-11H2,1-4H3,(H,22,25);1H. The first-order valence-electron chi connectivity index (χ1n) is 8.64. The van der Waals surface area contributed by atoms with E-state index in [9.17, 15) is 4.79 Å². The third-order valence-electron chi connectivity index (χ3n) is 4.72. The number of carbonyl (C=O) groups excluding carboxylic acids is 1. The van der Waals surface area contributed by atoms with E-state index in [1.807, 2.05) is 37.3 Å². The van der Waals surface area contributed by atoms with E-state index in [0.717, 1.165) is 24.5 Å². The van der Waals surface area contributed by atoms with Crippen LogP contribution in [0.2, 0.25) is 5.02 Å². The molecule has 2 aromatic rings. The van der Waals surface area contributed by atoms with Crippen LogP contribution in [-0.2, 0) is 10.2 Å². The fourth-order valence-corrected chi connectivity index (χ4v) is 2.94. The van der Waals surface area contributed by atoms with Crippen LogP contribution < -0.4 is 10.6 Å². The van der Waals surface area contributed by atoms with Crippen molar-refractivity contribution in [2.75, 3.05) is 18.4 Å². The molecule has 1 unspecified atom stereocenters. The first-order chi connectivity index (χ1) is 11.8. The fourth-order valence-electron chi connectivity index (χ4n) is 2.76. The second-order valence-electron chi connectivity index (χ2n) is 7.75. The molecule has 0 saturated carbocycles. The molecule has 1 aliphatic heterocycles. The minimum Gasteiger partial charge on any atom is -0.316 e. The second kappa shape index (κ2) is 7.99. The van der Waals surface area contributed by atoms with Gasteiger partial charge in [0, 0.05) is 22.4 Å². The SMILES string of the molecule is CC(C(=O)Nc1cc(C(C)(C)C)nn1-c1cccc(Cl)c1)C1CNC1.Cl. The third kappa shape index (κ3) is 4.40. The monoisotopic (exact) mass is 396 g/mol. The highest BCUT2D eigenvalue weighted by atomic mass is 35.5. The molecule has 7 heteroatoms.